The van der Waals surface area contributed by atoms with Crippen molar-refractivity contribution in [1.29, 1.82) is 0 Å². The highest BCUT2D eigenvalue weighted by atomic mass is 35.5. The van der Waals surface area contributed by atoms with Gasteiger partial charge in [-0.2, -0.15) is 0 Å². The number of rotatable bonds is 5. The molecule has 0 saturated heterocycles. The van der Waals surface area contributed by atoms with Crippen LogP contribution in [0.3, 0.4) is 0 Å². The minimum absolute atomic E-state index is 0.348. The average Bonchev–Trinajstić information content (AvgIpc) is 2.80. The Morgan fingerprint density at radius 3 is 2.80 bits per heavy atom. The van der Waals surface area contributed by atoms with Crippen molar-refractivity contribution in [3.8, 4) is 11.4 Å². The normalized spacial score (nSPS) is 10.8. The Bertz CT molecular complexity index is 623. The van der Waals surface area contributed by atoms with Crippen molar-refractivity contribution in [3.05, 3.63) is 34.6 Å². The number of benzene rings is 1. The van der Waals surface area contributed by atoms with Crippen molar-refractivity contribution < 1.29 is 9.53 Å². The molecule has 0 spiro atoms. The van der Waals surface area contributed by atoms with Crippen LogP contribution in [0.5, 0.6) is 5.75 Å². The van der Waals surface area contributed by atoms with Crippen LogP contribution in [-0.4, -0.2) is 28.4 Å². The number of carbonyl (C=O) groups is 1. The summed E-state index contributed by atoms with van der Waals surface area (Å²) in [6, 6.07) is 5.25. The Kier molecular flexibility index (Phi) is 4.39. The van der Waals surface area contributed by atoms with Gasteiger partial charge in [-0.25, -0.2) is 4.68 Å². The smallest absolute Gasteiger partial charge is 0.172 e. The summed E-state index contributed by atoms with van der Waals surface area (Å²) in [5.74, 6) is 0.998. The molecule has 1 aromatic heterocycles. The van der Waals surface area contributed by atoms with E-state index in [0.29, 0.717) is 34.5 Å². The zero-order valence-electron chi connectivity index (χ0n) is 11.6. The molecular formula is C14H16ClN3O2. The van der Waals surface area contributed by atoms with Crippen LogP contribution < -0.4 is 4.74 Å². The van der Waals surface area contributed by atoms with Gasteiger partial charge in [0.05, 0.1) is 12.8 Å². The Hall–Kier alpha value is -1.88. The molecule has 0 radical (unpaired) electrons. The third kappa shape index (κ3) is 2.82. The molecule has 0 aliphatic heterocycles. The van der Waals surface area contributed by atoms with Crippen LogP contribution in [0.2, 0.25) is 5.02 Å². The second-order valence-corrected chi connectivity index (χ2v) is 5.30. The first-order valence-corrected chi connectivity index (χ1v) is 6.68. The second kappa shape index (κ2) is 6.05. The fourth-order valence-corrected chi connectivity index (χ4v) is 2.17. The van der Waals surface area contributed by atoms with Crippen LogP contribution >= 0.6 is 11.6 Å². The van der Waals surface area contributed by atoms with Crippen molar-refractivity contribution in [1.82, 2.24) is 15.0 Å². The number of halogens is 1. The van der Waals surface area contributed by atoms with Gasteiger partial charge in [-0.15, -0.1) is 5.10 Å². The van der Waals surface area contributed by atoms with Crippen molar-refractivity contribution >= 4 is 17.9 Å². The number of aldehydes is 1. The molecule has 2 aromatic rings. The van der Waals surface area contributed by atoms with E-state index in [1.165, 1.54) is 0 Å². The molecule has 0 N–H and O–H groups in total. The summed E-state index contributed by atoms with van der Waals surface area (Å²) in [6.07, 6.45) is 1.41. The Labute approximate surface area is 122 Å². The minimum atomic E-state index is 0.348. The first kappa shape index (κ1) is 14.5. The summed E-state index contributed by atoms with van der Waals surface area (Å²) in [5.41, 5.74) is 1.78. The number of carbonyl (C=O) groups excluding carboxylic acids is 1. The van der Waals surface area contributed by atoms with Gasteiger partial charge in [0.25, 0.3) is 0 Å². The van der Waals surface area contributed by atoms with Crippen LogP contribution in [0.1, 0.15) is 30.0 Å². The van der Waals surface area contributed by atoms with Crippen LogP contribution in [0.25, 0.3) is 5.69 Å². The summed E-state index contributed by atoms with van der Waals surface area (Å²) in [4.78, 5) is 11.1. The predicted molar refractivity (Wildman–Crippen MR) is 76.9 cm³/mol. The largest absolute Gasteiger partial charge is 0.494 e. The maximum absolute atomic E-state index is 11.1. The third-order valence-electron chi connectivity index (χ3n) is 2.88. The fourth-order valence-electron chi connectivity index (χ4n) is 2.00. The number of aromatic nitrogens is 3. The molecule has 1 heterocycles. The first-order chi connectivity index (χ1) is 9.56. The molecule has 6 heteroatoms. The van der Waals surface area contributed by atoms with Gasteiger partial charge in [-0.05, 0) is 30.5 Å². The minimum Gasteiger partial charge on any atom is -0.494 e. The van der Waals surface area contributed by atoms with Crippen LogP contribution in [0.4, 0.5) is 0 Å². The Morgan fingerprint density at radius 2 is 2.20 bits per heavy atom. The molecule has 5 nitrogen and oxygen atoms in total. The lowest BCUT2D eigenvalue weighted by molar-refractivity contribution is 0.111. The van der Waals surface area contributed by atoms with Crippen molar-refractivity contribution in [2.24, 2.45) is 5.92 Å². The van der Waals surface area contributed by atoms with Crippen molar-refractivity contribution in [2.45, 2.75) is 20.3 Å². The SMILES string of the molecule is COc1ccc(Cl)cc1-n1nnc(C=O)c1CC(C)C. The molecule has 0 unspecified atom stereocenters. The number of nitrogens with zero attached hydrogens (tertiary/aromatic N) is 3. The maximum atomic E-state index is 11.1. The van der Waals surface area contributed by atoms with E-state index in [1.54, 1.807) is 30.0 Å². The van der Waals surface area contributed by atoms with E-state index in [2.05, 4.69) is 24.2 Å². The number of hydrogen-bond donors (Lipinski definition) is 0. The predicted octanol–water partition coefficient (Wildman–Crippen LogP) is 2.94. The molecule has 106 valence electrons. The van der Waals surface area contributed by atoms with E-state index in [-0.39, 0.29) is 0 Å². The second-order valence-electron chi connectivity index (χ2n) is 4.87. The van der Waals surface area contributed by atoms with Gasteiger partial charge >= 0.3 is 0 Å². The quantitative estimate of drug-likeness (QED) is 0.795. The summed E-state index contributed by atoms with van der Waals surface area (Å²) < 4.78 is 6.94. The van der Waals surface area contributed by atoms with E-state index in [9.17, 15) is 4.79 Å². The molecule has 1 aromatic carbocycles. The molecule has 2 rings (SSSR count). The molecule has 0 fully saturated rings. The van der Waals surface area contributed by atoms with Crippen LogP contribution in [0.15, 0.2) is 18.2 Å². The number of methoxy groups -OCH3 is 1. The first-order valence-electron chi connectivity index (χ1n) is 6.30. The molecule has 0 amide bonds. The zero-order chi connectivity index (χ0) is 14.7. The Balaban J connectivity index is 2.60. The van der Waals surface area contributed by atoms with Crippen LogP contribution in [0, 0.1) is 5.92 Å². The van der Waals surface area contributed by atoms with Gasteiger partial charge in [-0.3, -0.25) is 4.79 Å². The number of hydrogen-bond acceptors (Lipinski definition) is 4. The summed E-state index contributed by atoms with van der Waals surface area (Å²) in [7, 11) is 1.58. The molecule has 0 aliphatic carbocycles. The van der Waals surface area contributed by atoms with Crippen LogP contribution in [-0.2, 0) is 6.42 Å². The molecule has 0 atom stereocenters. The molecule has 0 saturated carbocycles. The summed E-state index contributed by atoms with van der Waals surface area (Å²) >= 11 is 6.04. The lowest BCUT2D eigenvalue weighted by Gasteiger charge is -2.12. The van der Waals surface area contributed by atoms with Gasteiger partial charge in [0.2, 0.25) is 0 Å². The van der Waals surface area contributed by atoms with Crippen molar-refractivity contribution in [2.75, 3.05) is 7.11 Å². The average molecular weight is 294 g/mol. The Morgan fingerprint density at radius 1 is 1.45 bits per heavy atom. The topological polar surface area (TPSA) is 57.0 Å². The molecule has 20 heavy (non-hydrogen) atoms. The van der Waals surface area contributed by atoms with E-state index in [1.807, 2.05) is 0 Å². The van der Waals surface area contributed by atoms with Gasteiger partial charge in [-0.1, -0.05) is 30.7 Å². The third-order valence-corrected chi connectivity index (χ3v) is 3.11. The molecule has 0 bridgehead atoms. The summed E-state index contributed by atoms with van der Waals surface area (Å²) in [6.45, 7) is 4.14. The van der Waals surface area contributed by atoms with Gasteiger partial charge < -0.3 is 4.74 Å². The highest BCUT2D eigenvalue weighted by molar-refractivity contribution is 6.30. The van der Waals surface area contributed by atoms with Gasteiger partial charge in [0.1, 0.15) is 17.1 Å². The lowest BCUT2D eigenvalue weighted by atomic mass is 10.1. The number of ether oxygens (including phenoxy) is 1. The maximum Gasteiger partial charge on any atom is 0.172 e. The van der Waals surface area contributed by atoms with E-state index in [4.69, 9.17) is 16.3 Å². The highest BCUT2D eigenvalue weighted by Gasteiger charge is 2.17. The zero-order valence-corrected chi connectivity index (χ0v) is 12.4. The van der Waals surface area contributed by atoms with E-state index in [0.717, 1.165) is 12.0 Å². The van der Waals surface area contributed by atoms with Crippen molar-refractivity contribution in [3.63, 3.8) is 0 Å². The fraction of sp³-hybridized carbons (Fsp3) is 0.357. The monoisotopic (exact) mass is 293 g/mol. The van der Waals surface area contributed by atoms with Gasteiger partial charge in [0, 0.05) is 5.02 Å². The van der Waals surface area contributed by atoms with E-state index < -0.39 is 0 Å². The highest BCUT2D eigenvalue weighted by Crippen LogP contribution is 2.27. The molecule has 0 aliphatic rings. The standard InChI is InChI=1S/C14H16ClN3O2/c1-9(2)6-12-11(8-19)16-17-18(12)13-7-10(15)4-5-14(13)20-3/h4-5,7-9H,6H2,1-3H3. The van der Waals surface area contributed by atoms with E-state index >= 15 is 0 Å². The summed E-state index contributed by atoms with van der Waals surface area (Å²) in [5, 5.41) is 8.54. The lowest BCUT2D eigenvalue weighted by Crippen LogP contribution is -2.08. The van der Waals surface area contributed by atoms with Gasteiger partial charge in [0.15, 0.2) is 6.29 Å². The molecular weight excluding hydrogens is 278 g/mol.